The number of hydrogen-bond donors (Lipinski definition) is 1. The molecule has 1 N–H and O–H groups in total. The molecule has 0 radical (unpaired) electrons. The molecule has 7 nitrogen and oxygen atoms in total. The molecule has 0 saturated heterocycles. The molecule has 8 heteroatoms. The minimum absolute atomic E-state index is 0.00192. The third-order valence-corrected chi connectivity index (χ3v) is 4.28. The molecule has 1 heterocycles. The Labute approximate surface area is 154 Å². The lowest BCUT2D eigenvalue weighted by Crippen LogP contribution is -2.27. The van der Waals surface area contributed by atoms with Crippen LogP contribution in [0.15, 0.2) is 54.7 Å². The molecule has 0 saturated carbocycles. The predicted molar refractivity (Wildman–Crippen MR) is 97.2 cm³/mol. The first-order valence-corrected chi connectivity index (χ1v) is 8.23. The van der Waals surface area contributed by atoms with E-state index in [0.717, 1.165) is 11.3 Å². The summed E-state index contributed by atoms with van der Waals surface area (Å²) in [6.07, 6.45) is 1.61. The fraction of sp³-hybridized carbons (Fsp3) is 0.158. The molecule has 0 aliphatic carbocycles. The summed E-state index contributed by atoms with van der Waals surface area (Å²) in [5, 5.41) is 18.2. The Morgan fingerprint density at radius 2 is 1.89 bits per heavy atom. The number of carbonyl (C=O) groups is 1. The summed E-state index contributed by atoms with van der Waals surface area (Å²) < 4.78 is 14.7. The summed E-state index contributed by atoms with van der Waals surface area (Å²) in [5.41, 5.74) is 1.97. The van der Waals surface area contributed by atoms with Crippen molar-refractivity contribution in [3.05, 3.63) is 87.5 Å². The van der Waals surface area contributed by atoms with E-state index >= 15 is 0 Å². The fourth-order valence-electron chi connectivity index (χ4n) is 2.87. The van der Waals surface area contributed by atoms with E-state index in [0.29, 0.717) is 5.69 Å². The lowest BCUT2D eigenvalue weighted by atomic mass is 10.1. The van der Waals surface area contributed by atoms with E-state index in [1.54, 1.807) is 36.0 Å². The second-order valence-corrected chi connectivity index (χ2v) is 6.04. The predicted octanol–water partition coefficient (Wildman–Crippen LogP) is 3.72. The lowest BCUT2D eigenvalue weighted by molar-refractivity contribution is -0.385. The maximum absolute atomic E-state index is 13.1. The van der Waals surface area contributed by atoms with Gasteiger partial charge in [-0.25, -0.2) is 9.07 Å². The van der Waals surface area contributed by atoms with E-state index in [-0.39, 0.29) is 17.1 Å². The van der Waals surface area contributed by atoms with Crippen LogP contribution in [0.2, 0.25) is 0 Å². The summed E-state index contributed by atoms with van der Waals surface area (Å²) in [7, 11) is 0. The van der Waals surface area contributed by atoms with Crippen LogP contribution in [0.25, 0.3) is 5.69 Å². The number of rotatable bonds is 5. The second-order valence-electron chi connectivity index (χ2n) is 6.04. The van der Waals surface area contributed by atoms with Gasteiger partial charge in [-0.3, -0.25) is 14.9 Å². The molecule has 2 aromatic carbocycles. The quantitative estimate of drug-likeness (QED) is 0.549. The number of nitro benzene ring substituents is 1. The zero-order chi connectivity index (χ0) is 19.6. The van der Waals surface area contributed by atoms with Crippen LogP contribution in [0.1, 0.15) is 34.6 Å². The molecule has 3 aromatic rings. The zero-order valence-corrected chi connectivity index (χ0v) is 14.7. The molecule has 3 rings (SSSR count). The molecule has 0 bridgehead atoms. The van der Waals surface area contributed by atoms with Gasteiger partial charge in [-0.15, -0.1) is 0 Å². The molecule has 1 unspecified atom stereocenters. The van der Waals surface area contributed by atoms with Crippen molar-refractivity contribution in [1.82, 2.24) is 15.1 Å². The fourth-order valence-corrected chi connectivity index (χ4v) is 2.87. The molecule has 1 atom stereocenters. The first-order chi connectivity index (χ1) is 12.9. The van der Waals surface area contributed by atoms with E-state index in [9.17, 15) is 19.3 Å². The van der Waals surface area contributed by atoms with Crippen LogP contribution in [0.5, 0.6) is 0 Å². The topological polar surface area (TPSA) is 90.1 Å². The van der Waals surface area contributed by atoms with Crippen LogP contribution in [0.3, 0.4) is 0 Å². The largest absolute Gasteiger partial charge is 0.345 e. The van der Waals surface area contributed by atoms with Crippen molar-refractivity contribution in [2.24, 2.45) is 0 Å². The lowest BCUT2D eigenvalue weighted by Gasteiger charge is -2.14. The van der Waals surface area contributed by atoms with Crippen LogP contribution >= 0.6 is 0 Å². The molecule has 0 spiro atoms. The average Bonchev–Trinajstić information content (AvgIpc) is 3.04. The number of nitrogens with one attached hydrogen (secondary N) is 1. The first-order valence-electron chi connectivity index (χ1n) is 8.23. The van der Waals surface area contributed by atoms with E-state index in [1.165, 1.54) is 30.3 Å². The Morgan fingerprint density at radius 1 is 1.22 bits per heavy atom. The summed E-state index contributed by atoms with van der Waals surface area (Å²) in [6.45, 7) is 3.60. The number of hydrogen-bond acceptors (Lipinski definition) is 4. The van der Waals surface area contributed by atoms with Crippen molar-refractivity contribution in [2.45, 2.75) is 19.9 Å². The van der Waals surface area contributed by atoms with Gasteiger partial charge in [0.25, 0.3) is 11.6 Å². The number of carbonyl (C=O) groups excluding carboxylic acids is 1. The van der Waals surface area contributed by atoms with Gasteiger partial charge in [0.15, 0.2) is 0 Å². The van der Waals surface area contributed by atoms with Crippen molar-refractivity contribution < 1.29 is 14.1 Å². The summed E-state index contributed by atoms with van der Waals surface area (Å²) >= 11 is 0. The standard InChI is InChI=1S/C19H17FN4O3/c1-12(22-19(25)16-5-3-4-6-18(16)24(26)27)17-11-21-23(13(17)2)15-9-7-14(20)8-10-15/h3-12H,1-2H3,(H,22,25). The Kier molecular flexibility index (Phi) is 4.98. The van der Waals surface area contributed by atoms with Crippen molar-refractivity contribution in [2.75, 3.05) is 0 Å². The van der Waals surface area contributed by atoms with Crippen molar-refractivity contribution >= 4 is 11.6 Å². The summed E-state index contributed by atoms with van der Waals surface area (Å²) in [5.74, 6) is -0.877. The highest BCUT2D eigenvalue weighted by molar-refractivity contribution is 5.98. The molecule has 1 aromatic heterocycles. The zero-order valence-electron chi connectivity index (χ0n) is 14.7. The molecule has 27 heavy (non-hydrogen) atoms. The normalized spacial score (nSPS) is 11.8. The van der Waals surface area contributed by atoms with Crippen LogP contribution in [-0.4, -0.2) is 20.6 Å². The molecule has 0 aliphatic heterocycles. The number of nitrogens with zero attached hydrogens (tertiary/aromatic N) is 3. The molecule has 0 fully saturated rings. The van der Waals surface area contributed by atoms with Crippen LogP contribution in [-0.2, 0) is 0 Å². The molecular weight excluding hydrogens is 351 g/mol. The van der Waals surface area contributed by atoms with Gasteiger partial charge in [-0.05, 0) is 44.2 Å². The van der Waals surface area contributed by atoms with Crippen molar-refractivity contribution in [3.63, 3.8) is 0 Å². The second kappa shape index (κ2) is 7.36. The number of aromatic nitrogens is 2. The van der Waals surface area contributed by atoms with Gasteiger partial charge in [0.1, 0.15) is 11.4 Å². The maximum atomic E-state index is 13.1. The van der Waals surface area contributed by atoms with E-state index < -0.39 is 16.9 Å². The SMILES string of the molecule is Cc1c(C(C)NC(=O)c2ccccc2[N+](=O)[O-])cnn1-c1ccc(F)cc1. The van der Waals surface area contributed by atoms with Crippen molar-refractivity contribution in [3.8, 4) is 5.69 Å². The third kappa shape index (κ3) is 3.69. The maximum Gasteiger partial charge on any atom is 0.282 e. The number of benzene rings is 2. The van der Waals surface area contributed by atoms with E-state index in [2.05, 4.69) is 10.4 Å². The molecule has 0 aliphatic rings. The molecule has 138 valence electrons. The number of nitro groups is 1. The summed E-state index contributed by atoms with van der Waals surface area (Å²) in [4.78, 5) is 23.0. The van der Waals surface area contributed by atoms with Crippen molar-refractivity contribution in [1.29, 1.82) is 0 Å². The van der Waals surface area contributed by atoms with Gasteiger partial charge in [-0.1, -0.05) is 12.1 Å². The average molecular weight is 368 g/mol. The number of halogens is 1. The Hall–Kier alpha value is -3.55. The van der Waals surface area contributed by atoms with Gasteiger partial charge in [0.05, 0.1) is 22.8 Å². The smallest absolute Gasteiger partial charge is 0.282 e. The van der Waals surface area contributed by atoms with Gasteiger partial charge in [0.2, 0.25) is 0 Å². The number of amides is 1. The molecular formula is C19H17FN4O3. The monoisotopic (exact) mass is 368 g/mol. The van der Waals surface area contributed by atoms with E-state index in [1.807, 2.05) is 6.92 Å². The molecule has 1 amide bonds. The van der Waals surface area contributed by atoms with Crippen LogP contribution < -0.4 is 5.32 Å². The highest BCUT2D eigenvalue weighted by atomic mass is 19.1. The van der Waals surface area contributed by atoms with Crippen LogP contribution in [0.4, 0.5) is 10.1 Å². The third-order valence-electron chi connectivity index (χ3n) is 4.28. The van der Waals surface area contributed by atoms with Gasteiger partial charge in [-0.2, -0.15) is 5.10 Å². The Balaban J connectivity index is 1.83. The summed E-state index contributed by atoms with van der Waals surface area (Å²) in [6, 6.07) is 11.3. The minimum atomic E-state index is -0.586. The highest BCUT2D eigenvalue weighted by Gasteiger charge is 2.22. The van der Waals surface area contributed by atoms with Crippen LogP contribution in [0, 0.1) is 22.9 Å². The minimum Gasteiger partial charge on any atom is -0.345 e. The first kappa shape index (κ1) is 18.2. The Morgan fingerprint density at radius 3 is 2.56 bits per heavy atom. The highest BCUT2D eigenvalue weighted by Crippen LogP contribution is 2.22. The van der Waals surface area contributed by atoms with Gasteiger partial charge >= 0.3 is 0 Å². The van der Waals surface area contributed by atoms with Gasteiger partial charge in [0, 0.05) is 17.3 Å². The van der Waals surface area contributed by atoms with Gasteiger partial charge < -0.3 is 5.32 Å². The Bertz CT molecular complexity index is 998. The number of para-hydroxylation sites is 1. The van der Waals surface area contributed by atoms with E-state index in [4.69, 9.17) is 0 Å².